The first-order valence-electron chi connectivity index (χ1n) is 11.4. The van der Waals surface area contributed by atoms with Gasteiger partial charge < -0.3 is 14.7 Å². The molecule has 0 N–H and O–H groups in total. The van der Waals surface area contributed by atoms with Gasteiger partial charge in [-0.2, -0.15) is 5.10 Å². The molecule has 4 rings (SSSR count). The second-order valence-electron chi connectivity index (χ2n) is 8.84. The fraction of sp³-hybridized carbons (Fsp3) is 0.500. The largest absolute Gasteiger partial charge is 0.339 e. The molecule has 0 unspecified atom stereocenters. The molecule has 2 aromatic rings. The first kappa shape index (κ1) is 23.3. The summed E-state index contributed by atoms with van der Waals surface area (Å²) in [7, 11) is 0. The molecule has 1 aromatic carbocycles. The van der Waals surface area contributed by atoms with Crippen molar-refractivity contribution >= 4 is 29.3 Å². The number of hydrogen-bond acceptors (Lipinski definition) is 4. The SMILES string of the molecule is Cc1ccc(-n2nc(C)c(CC(=O)N3CCN(C(=O)C(=O)N4CCCC4)CC3)c2C)cc1Cl. The number of likely N-dealkylation sites (tertiary alicyclic amines) is 1. The van der Waals surface area contributed by atoms with Gasteiger partial charge in [0, 0.05) is 55.5 Å². The minimum Gasteiger partial charge on any atom is -0.339 e. The highest BCUT2D eigenvalue weighted by Crippen LogP contribution is 2.23. The van der Waals surface area contributed by atoms with Crippen molar-refractivity contribution in [3.8, 4) is 5.69 Å². The van der Waals surface area contributed by atoms with Gasteiger partial charge in [0.2, 0.25) is 5.91 Å². The monoisotopic (exact) mass is 471 g/mol. The first-order chi connectivity index (χ1) is 15.8. The lowest BCUT2D eigenvalue weighted by molar-refractivity contribution is -0.153. The van der Waals surface area contributed by atoms with E-state index < -0.39 is 11.8 Å². The van der Waals surface area contributed by atoms with E-state index in [1.165, 1.54) is 0 Å². The van der Waals surface area contributed by atoms with Crippen molar-refractivity contribution in [1.29, 1.82) is 0 Å². The van der Waals surface area contributed by atoms with Crippen LogP contribution in [0, 0.1) is 20.8 Å². The average Bonchev–Trinajstić information content (AvgIpc) is 3.44. The lowest BCUT2D eigenvalue weighted by atomic mass is 10.1. The maximum absolute atomic E-state index is 13.0. The maximum atomic E-state index is 13.0. The molecule has 1 aromatic heterocycles. The summed E-state index contributed by atoms with van der Waals surface area (Å²) in [5.41, 5.74) is 4.48. The van der Waals surface area contributed by atoms with Crippen LogP contribution in [0.2, 0.25) is 5.02 Å². The van der Waals surface area contributed by atoms with E-state index >= 15 is 0 Å². The van der Waals surface area contributed by atoms with Crippen LogP contribution in [0.15, 0.2) is 18.2 Å². The number of hydrogen-bond donors (Lipinski definition) is 0. The van der Waals surface area contributed by atoms with Crippen LogP contribution in [0.1, 0.15) is 35.4 Å². The average molecular weight is 472 g/mol. The highest BCUT2D eigenvalue weighted by molar-refractivity contribution is 6.35. The molecule has 2 fully saturated rings. The molecular weight excluding hydrogens is 442 g/mol. The van der Waals surface area contributed by atoms with Crippen LogP contribution in [0.5, 0.6) is 0 Å². The quantitative estimate of drug-likeness (QED) is 0.643. The molecule has 3 heterocycles. The van der Waals surface area contributed by atoms with Gasteiger partial charge in [0.15, 0.2) is 0 Å². The van der Waals surface area contributed by atoms with Gasteiger partial charge in [-0.05, 0) is 51.3 Å². The number of aryl methyl sites for hydroxylation is 2. The Morgan fingerprint density at radius 2 is 1.45 bits per heavy atom. The third-order valence-electron chi connectivity index (χ3n) is 6.66. The molecule has 2 aliphatic rings. The Bertz CT molecular complexity index is 1080. The minimum atomic E-state index is -0.450. The molecule has 3 amide bonds. The van der Waals surface area contributed by atoms with E-state index in [0.29, 0.717) is 44.3 Å². The summed E-state index contributed by atoms with van der Waals surface area (Å²) in [5.74, 6) is -0.864. The standard InChI is InChI=1S/C24H30ClN5O3/c1-16-6-7-19(14-21(16)25)30-18(3)20(17(2)26-30)15-22(31)27-10-12-29(13-11-27)24(33)23(32)28-8-4-5-9-28/h6-7,14H,4-5,8-13,15H2,1-3H3. The molecule has 0 bridgehead atoms. The van der Waals surface area contributed by atoms with E-state index in [0.717, 1.165) is 41.0 Å². The Balaban J connectivity index is 1.38. The number of carbonyl (C=O) groups is 3. The van der Waals surface area contributed by atoms with Gasteiger partial charge in [-0.3, -0.25) is 14.4 Å². The number of benzene rings is 1. The minimum absolute atomic E-state index is 0.000608. The predicted molar refractivity (Wildman–Crippen MR) is 125 cm³/mol. The number of piperazine rings is 1. The van der Waals surface area contributed by atoms with Gasteiger partial charge in [0.05, 0.1) is 17.8 Å². The Morgan fingerprint density at radius 1 is 0.879 bits per heavy atom. The van der Waals surface area contributed by atoms with Crippen molar-refractivity contribution < 1.29 is 14.4 Å². The summed E-state index contributed by atoms with van der Waals surface area (Å²) >= 11 is 6.29. The van der Waals surface area contributed by atoms with Gasteiger partial charge in [-0.15, -0.1) is 0 Å². The molecule has 2 saturated heterocycles. The maximum Gasteiger partial charge on any atom is 0.312 e. The Kier molecular flexibility index (Phi) is 6.74. The van der Waals surface area contributed by atoms with Crippen LogP contribution in [-0.2, 0) is 20.8 Å². The molecular formula is C24H30ClN5O3. The highest BCUT2D eigenvalue weighted by Gasteiger charge is 2.32. The Morgan fingerprint density at radius 3 is 2.06 bits per heavy atom. The van der Waals surface area contributed by atoms with Crippen molar-refractivity contribution in [2.75, 3.05) is 39.3 Å². The van der Waals surface area contributed by atoms with E-state index in [9.17, 15) is 14.4 Å². The van der Waals surface area contributed by atoms with E-state index in [2.05, 4.69) is 5.10 Å². The van der Waals surface area contributed by atoms with Crippen molar-refractivity contribution in [3.05, 3.63) is 45.7 Å². The Hall–Kier alpha value is -2.87. The van der Waals surface area contributed by atoms with Gasteiger partial charge in [0.25, 0.3) is 0 Å². The Labute approximate surface area is 199 Å². The van der Waals surface area contributed by atoms with Crippen LogP contribution in [0.4, 0.5) is 0 Å². The van der Waals surface area contributed by atoms with Crippen LogP contribution in [0.25, 0.3) is 5.69 Å². The van der Waals surface area contributed by atoms with Crippen LogP contribution in [0.3, 0.4) is 0 Å². The molecule has 8 nitrogen and oxygen atoms in total. The van der Waals surface area contributed by atoms with E-state index in [4.69, 9.17) is 11.6 Å². The van der Waals surface area contributed by atoms with Crippen LogP contribution >= 0.6 is 11.6 Å². The zero-order chi connectivity index (χ0) is 23.7. The number of rotatable bonds is 3. The number of aromatic nitrogens is 2. The zero-order valence-corrected chi connectivity index (χ0v) is 20.2. The summed E-state index contributed by atoms with van der Waals surface area (Å²) in [4.78, 5) is 42.9. The van der Waals surface area contributed by atoms with Crippen molar-refractivity contribution in [2.45, 2.75) is 40.0 Å². The van der Waals surface area contributed by atoms with E-state index in [-0.39, 0.29) is 12.3 Å². The summed E-state index contributed by atoms with van der Waals surface area (Å²) in [6.45, 7) is 8.74. The lowest BCUT2D eigenvalue weighted by Crippen LogP contribution is -2.54. The number of amides is 3. The molecule has 0 saturated carbocycles. The molecule has 2 aliphatic heterocycles. The number of nitrogens with zero attached hydrogens (tertiary/aromatic N) is 5. The van der Waals surface area contributed by atoms with Gasteiger partial charge in [0.1, 0.15) is 0 Å². The van der Waals surface area contributed by atoms with Crippen LogP contribution in [-0.4, -0.2) is 81.5 Å². The first-order valence-corrected chi connectivity index (χ1v) is 11.8. The van der Waals surface area contributed by atoms with Crippen molar-refractivity contribution in [1.82, 2.24) is 24.5 Å². The van der Waals surface area contributed by atoms with Crippen LogP contribution < -0.4 is 0 Å². The van der Waals surface area contributed by atoms with Crippen molar-refractivity contribution in [3.63, 3.8) is 0 Å². The highest BCUT2D eigenvalue weighted by atomic mass is 35.5. The van der Waals surface area contributed by atoms with Gasteiger partial charge in [-0.1, -0.05) is 17.7 Å². The lowest BCUT2D eigenvalue weighted by Gasteiger charge is -2.35. The summed E-state index contributed by atoms with van der Waals surface area (Å²) in [6, 6.07) is 5.79. The summed E-state index contributed by atoms with van der Waals surface area (Å²) in [6.07, 6.45) is 2.15. The molecule has 33 heavy (non-hydrogen) atoms. The van der Waals surface area contributed by atoms with Gasteiger partial charge >= 0.3 is 11.8 Å². The molecule has 0 aliphatic carbocycles. The number of carbonyl (C=O) groups excluding carboxylic acids is 3. The molecule has 9 heteroatoms. The normalized spacial score (nSPS) is 16.4. The fourth-order valence-corrected chi connectivity index (χ4v) is 4.68. The number of halogens is 1. The molecule has 0 atom stereocenters. The second-order valence-corrected chi connectivity index (χ2v) is 9.25. The topological polar surface area (TPSA) is 78.8 Å². The molecule has 0 spiro atoms. The van der Waals surface area contributed by atoms with Crippen molar-refractivity contribution in [2.24, 2.45) is 0 Å². The third kappa shape index (κ3) is 4.76. The molecule has 176 valence electrons. The zero-order valence-electron chi connectivity index (χ0n) is 19.4. The fourth-order valence-electron chi connectivity index (χ4n) is 4.51. The predicted octanol–water partition coefficient (Wildman–Crippen LogP) is 2.29. The molecule has 0 radical (unpaired) electrons. The van der Waals surface area contributed by atoms with E-state index in [1.54, 1.807) is 14.7 Å². The summed E-state index contributed by atoms with van der Waals surface area (Å²) < 4.78 is 1.82. The van der Waals surface area contributed by atoms with Gasteiger partial charge in [-0.25, -0.2) is 4.68 Å². The second kappa shape index (κ2) is 9.55. The third-order valence-corrected chi connectivity index (χ3v) is 7.07. The summed E-state index contributed by atoms with van der Waals surface area (Å²) in [5, 5.41) is 5.31. The van der Waals surface area contributed by atoms with E-state index in [1.807, 2.05) is 43.7 Å². The smallest absolute Gasteiger partial charge is 0.312 e.